The molecule has 2 heterocycles. The molecule has 1 N–H and O–H groups in total. The van der Waals surface area contributed by atoms with Crippen molar-refractivity contribution in [2.45, 2.75) is 18.4 Å². The minimum atomic E-state index is -0.703. The van der Waals surface area contributed by atoms with Crippen LogP contribution >= 0.6 is 11.3 Å². The van der Waals surface area contributed by atoms with E-state index in [4.69, 9.17) is 4.74 Å². The molecule has 0 spiro atoms. The van der Waals surface area contributed by atoms with Crippen molar-refractivity contribution in [1.29, 1.82) is 0 Å². The maximum atomic E-state index is 10.6. The van der Waals surface area contributed by atoms with Gasteiger partial charge in [-0.3, -0.25) is 0 Å². The Labute approximate surface area is 101 Å². The molecule has 1 saturated heterocycles. The van der Waals surface area contributed by atoms with Crippen LogP contribution in [0.5, 0.6) is 5.75 Å². The van der Waals surface area contributed by atoms with Crippen LogP contribution < -0.4 is 4.74 Å². The van der Waals surface area contributed by atoms with Gasteiger partial charge in [0.2, 0.25) is 0 Å². The lowest BCUT2D eigenvalue weighted by molar-refractivity contribution is -0.0219. The van der Waals surface area contributed by atoms with Crippen LogP contribution in [0.4, 0.5) is 0 Å². The Hall–Kier alpha value is -0.580. The molecule has 0 aliphatic carbocycles. The number of rotatable bonds is 3. The van der Waals surface area contributed by atoms with Crippen LogP contribution in [0.15, 0.2) is 11.4 Å². The second-order valence-electron chi connectivity index (χ2n) is 4.19. The van der Waals surface area contributed by atoms with Crippen LogP contribution in [0.1, 0.15) is 17.7 Å². The van der Waals surface area contributed by atoms with Gasteiger partial charge in [-0.05, 0) is 37.8 Å². The van der Waals surface area contributed by atoms with Crippen molar-refractivity contribution >= 4 is 11.3 Å². The molecule has 0 unspecified atom stereocenters. The highest BCUT2D eigenvalue weighted by Crippen LogP contribution is 2.41. The molecule has 1 radical (unpaired) electrons. The topological polar surface area (TPSA) is 32.7 Å². The maximum Gasteiger partial charge on any atom is 0.135 e. The van der Waals surface area contributed by atoms with E-state index in [1.165, 1.54) is 0 Å². The Morgan fingerprint density at radius 3 is 2.81 bits per heavy atom. The maximum absolute atomic E-state index is 10.6. The molecule has 1 aromatic rings. The summed E-state index contributed by atoms with van der Waals surface area (Å²) in [4.78, 5) is 3.23. The summed E-state index contributed by atoms with van der Waals surface area (Å²) < 4.78 is 5.28. The number of piperidine rings is 1. The standard InChI is InChI=1S/C12H18NO2S/c1-3-13-7-5-12(14,6-8-13)11-10(15-2)4-9-16-11/h4,9,14H,1,3,5-8H2,2H3. The largest absolute Gasteiger partial charge is 0.495 e. The third-order valence-corrected chi connectivity index (χ3v) is 4.36. The van der Waals surface area contributed by atoms with Gasteiger partial charge in [0.25, 0.3) is 0 Å². The van der Waals surface area contributed by atoms with E-state index in [0.717, 1.165) is 43.1 Å². The van der Waals surface area contributed by atoms with Crippen LogP contribution in [0.3, 0.4) is 0 Å². The van der Waals surface area contributed by atoms with Crippen molar-refractivity contribution < 1.29 is 9.84 Å². The molecule has 3 nitrogen and oxygen atoms in total. The van der Waals surface area contributed by atoms with Gasteiger partial charge in [-0.15, -0.1) is 11.3 Å². The normalized spacial score (nSPS) is 20.9. The molecule has 1 aromatic heterocycles. The van der Waals surface area contributed by atoms with Crippen LogP contribution in [0.25, 0.3) is 0 Å². The smallest absolute Gasteiger partial charge is 0.135 e. The quantitative estimate of drug-likeness (QED) is 0.875. The molecule has 2 rings (SSSR count). The molecule has 1 fully saturated rings. The van der Waals surface area contributed by atoms with Gasteiger partial charge in [-0.2, -0.15) is 0 Å². The Bertz CT molecular complexity index is 343. The van der Waals surface area contributed by atoms with Crippen LogP contribution in [-0.2, 0) is 5.60 Å². The molecule has 16 heavy (non-hydrogen) atoms. The number of aliphatic hydroxyl groups is 1. The molecule has 0 saturated carbocycles. The Kier molecular flexibility index (Phi) is 3.52. The van der Waals surface area contributed by atoms with Crippen molar-refractivity contribution in [2.24, 2.45) is 0 Å². The number of hydrogen-bond acceptors (Lipinski definition) is 4. The first-order valence-corrected chi connectivity index (χ1v) is 6.43. The molecule has 1 aliphatic rings. The van der Waals surface area contributed by atoms with Crippen molar-refractivity contribution in [2.75, 3.05) is 26.7 Å². The highest BCUT2D eigenvalue weighted by atomic mass is 32.1. The lowest BCUT2D eigenvalue weighted by Gasteiger charge is -2.37. The van der Waals surface area contributed by atoms with E-state index in [-0.39, 0.29) is 0 Å². The van der Waals surface area contributed by atoms with Crippen molar-refractivity contribution in [1.82, 2.24) is 4.90 Å². The Morgan fingerprint density at radius 1 is 1.56 bits per heavy atom. The molecular weight excluding hydrogens is 222 g/mol. The van der Waals surface area contributed by atoms with Crippen LogP contribution in [0, 0.1) is 6.92 Å². The van der Waals surface area contributed by atoms with E-state index in [1.807, 2.05) is 11.4 Å². The second-order valence-corrected chi connectivity index (χ2v) is 5.11. The molecule has 0 amide bonds. The summed E-state index contributed by atoms with van der Waals surface area (Å²) in [7, 11) is 1.65. The van der Waals surface area contributed by atoms with Gasteiger partial charge in [0.15, 0.2) is 0 Å². The molecule has 0 atom stereocenters. The molecule has 4 heteroatoms. The summed E-state index contributed by atoms with van der Waals surface area (Å²) in [5, 5.41) is 12.6. The summed E-state index contributed by atoms with van der Waals surface area (Å²) >= 11 is 1.58. The van der Waals surface area contributed by atoms with Gasteiger partial charge in [0.05, 0.1) is 12.0 Å². The van der Waals surface area contributed by atoms with Crippen LogP contribution in [0.2, 0.25) is 0 Å². The van der Waals surface area contributed by atoms with Gasteiger partial charge in [0, 0.05) is 13.1 Å². The number of hydrogen-bond donors (Lipinski definition) is 1. The molecule has 89 valence electrons. The lowest BCUT2D eigenvalue weighted by Crippen LogP contribution is -2.42. The van der Waals surface area contributed by atoms with E-state index in [0.29, 0.717) is 0 Å². The first-order valence-electron chi connectivity index (χ1n) is 5.55. The highest BCUT2D eigenvalue weighted by molar-refractivity contribution is 7.10. The van der Waals surface area contributed by atoms with Crippen molar-refractivity contribution in [3.8, 4) is 5.75 Å². The minimum absolute atomic E-state index is 0.703. The minimum Gasteiger partial charge on any atom is -0.495 e. The third-order valence-electron chi connectivity index (χ3n) is 3.27. The van der Waals surface area contributed by atoms with E-state index in [1.54, 1.807) is 18.4 Å². The summed E-state index contributed by atoms with van der Waals surface area (Å²) in [6.45, 7) is 6.50. The number of ether oxygens (including phenoxy) is 1. The Morgan fingerprint density at radius 2 is 2.25 bits per heavy atom. The fourth-order valence-corrected chi connectivity index (χ4v) is 3.19. The predicted molar refractivity (Wildman–Crippen MR) is 65.8 cm³/mol. The van der Waals surface area contributed by atoms with Crippen molar-refractivity contribution in [3.05, 3.63) is 23.2 Å². The third kappa shape index (κ3) is 2.10. The fraction of sp³-hybridized carbons (Fsp3) is 0.583. The molecular formula is C12H18NO2S. The van der Waals surface area contributed by atoms with E-state index >= 15 is 0 Å². The van der Waals surface area contributed by atoms with Gasteiger partial charge in [0.1, 0.15) is 11.4 Å². The Balaban J connectivity index is 2.14. The summed E-state index contributed by atoms with van der Waals surface area (Å²) in [6.07, 6.45) is 1.53. The number of thiophene rings is 1. The summed E-state index contributed by atoms with van der Waals surface area (Å²) in [6, 6.07) is 1.92. The molecule has 0 bridgehead atoms. The number of nitrogens with zero attached hydrogens (tertiary/aromatic N) is 1. The van der Waals surface area contributed by atoms with Crippen molar-refractivity contribution in [3.63, 3.8) is 0 Å². The summed E-state index contributed by atoms with van der Waals surface area (Å²) in [5.41, 5.74) is -0.703. The zero-order valence-corrected chi connectivity index (χ0v) is 10.4. The SMILES string of the molecule is [CH2]CN1CCC(O)(c2sccc2OC)CC1. The molecule has 0 aromatic carbocycles. The number of likely N-dealkylation sites (tertiary alicyclic amines) is 1. The van der Waals surface area contributed by atoms with E-state index in [2.05, 4.69) is 11.8 Å². The zero-order chi connectivity index (χ0) is 11.6. The van der Waals surface area contributed by atoms with Gasteiger partial charge >= 0.3 is 0 Å². The molecule has 1 aliphatic heterocycles. The first kappa shape index (κ1) is 11.9. The second kappa shape index (κ2) is 4.73. The lowest BCUT2D eigenvalue weighted by atomic mass is 9.89. The van der Waals surface area contributed by atoms with Gasteiger partial charge in [-0.1, -0.05) is 0 Å². The van der Waals surface area contributed by atoms with Gasteiger partial charge in [-0.25, -0.2) is 0 Å². The average Bonchev–Trinajstić information content (AvgIpc) is 2.79. The summed E-state index contributed by atoms with van der Waals surface area (Å²) in [5.74, 6) is 0.815. The highest BCUT2D eigenvalue weighted by Gasteiger charge is 2.36. The predicted octanol–water partition coefficient (Wildman–Crippen LogP) is 1.87. The number of methoxy groups -OCH3 is 1. The average molecular weight is 240 g/mol. The fourth-order valence-electron chi connectivity index (χ4n) is 2.17. The van der Waals surface area contributed by atoms with E-state index in [9.17, 15) is 5.11 Å². The van der Waals surface area contributed by atoms with Crippen LogP contribution in [-0.4, -0.2) is 36.8 Å². The monoisotopic (exact) mass is 240 g/mol. The van der Waals surface area contributed by atoms with E-state index < -0.39 is 5.60 Å². The first-order chi connectivity index (χ1) is 7.69. The zero-order valence-electron chi connectivity index (χ0n) is 9.61. The van der Waals surface area contributed by atoms with Gasteiger partial charge < -0.3 is 14.7 Å².